The standard InChI is InChI=1S/C13H15F3N2O3S.C13H15F3N2O2S2/c14-13(15,16)22(20,21)17-11-6-2-1-5-10(11)9-18-8-4-3-7-12(18)19;14-13(15,16)22(19,20)17-11-6-2-1-5-10(11)9-18-8-4-3-7-12(18)21/h2*1-2,5-6,17H,3-4,7-9H2. The van der Waals surface area contributed by atoms with Crippen LogP contribution < -0.4 is 9.44 Å². The Kier molecular flexibility index (Phi) is 11.5. The molecule has 0 saturated carbocycles. The minimum absolute atomic E-state index is 0.0757. The third-order valence-electron chi connectivity index (χ3n) is 6.70. The lowest BCUT2D eigenvalue weighted by atomic mass is 10.1. The zero-order valence-corrected chi connectivity index (χ0v) is 25.6. The molecule has 4 rings (SSSR count). The van der Waals surface area contributed by atoms with E-state index < -0.39 is 31.1 Å². The molecule has 0 aliphatic carbocycles. The topological polar surface area (TPSA) is 116 Å². The number of benzene rings is 2. The monoisotopic (exact) mass is 688 g/mol. The molecule has 2 fully saturated rings. The van der Waals surface area contributed by atoms with Crippen LogP contribution in [0, 0.1) is 0 Å². The summed E-state index contributed by atoms with van der Waals surface area (Å²) in [5.74, 6) is -0.0836. The number of alkyl halides is 6. The quantitative estimate of drug-likeness (QED) is 0.269. The van der Waals surface area contributed by atoms with Gasteiger partial charge in [-0.15, -0.1) is 0 Å². The van der Waals surface area contributed by atoms with E-state index in [4.69, 9.17) is 12.2 Å². The van der Waals surface area contributed by atoms with Crippen LogP contribution >= 0.6 is 12.2 Å². The van der Waals surface area contributed by atoms with Gasteiger partial charge in [0.2, 0.25) is 5.91 Å². The van der Waals surface area contributed by atoms with Crippen LogP contribution in [0.2, 0.25) is 0 Å². The number of carbonyl (C=O) groups excluding carboxylic acids is 1. The van der Waals surface area contributed by atoms with Gasteiger partial charge in [-0.3, -0.25) is 14.2 Å². The SMILES string of the molecule is O=C1CCCCN1Cc1ccccc1NS(=O)(=O)C(F)(F)F.O=S(=O)(Nc1ccccc1CN1CCCCC1=S)C(F)(F)F. The maximum absolute atomic E-state index is 12.5. The van der Waals surface area contributed by atoms with E-state index in [1.54, 1.807) is 27.6 Å². The van der Waals surface area contributed by atoms with Gasteiger partial charge in [0.15, 0.2) is 0 Å². The third kappa shape index (κ3) is 9.44. The lowest BCUT2D eigenvalue weighted by Crippen LogP contribution is -2.35. The zero-order chi connectivity index (χ0) is 32.8. The number of halogens is 6. The van der Waals surface area contributed by atoms with Crippen molar-refractivity contribution in [2.75, 3.05) is 22.5 Å². The zero-order valence-electron chi connectivity index (χ0n) is 23.1. The number of sulfonamides is 2. The molecule has 44 heavy (non-hydrogen) atoms. The summed E-state index contributed by atoms with van der Waals surface area (Å²) in [5, 5.41) is 0. The summed E-state index contributed by atoms with van der Waals surface area (Å²) >= 11 is 5.25. The molecule has 0 unspecified atom stereocenters. The number of rotatable bonds is 8. The van der Waals surface area contributed by atoms with Gasteiger partial charge in [0, 0.05) is 32.6 Å². The van der Waals surface area contributed by atoms with Crippen LogP contribution in [0.4, 0.5) is 37.7 Å². The summed E-state index contributed by atoms with van der Waals surface area (Å²) < 4.78 is 123. The number of piperidine rings is 2. The summed E-state index contributed by atoms with van der Waals surface area (Å²) in [6.07, 6.45) is 4.73. The van der Waals surface area contributed by atoms with Crippen molar-refractivity contribution in [2.24, 2.45) is 0 Å². The van der Waals surface area contributed by atoms with Crippen molar-refractivity contribution in [3.05, 3.63) is 59.7 Å². The number of likely N-dealkylation sites (tertiary alicyclic amines) is 2. The van der Waals surface area contributed by atoms with Crippen molar-refractivity contribution in [1.29, 1.82) is 0 Å². The first-order valence-corrected chi connectivity index (χ1v) is 16.7. The summed E-state index contributed by atoms with van der Waals surface area (Å²) in [6.45, 7) is 1.60. The van der Waals surface area contributed by atoms with Crippen molar-refractivity contribution in [2.45, 2.75) is 62.6 Å². The second-order valence-electron chi connectivity index (χ2n) is 9.96. The fourth-order valence-corrected chi connectivity index (χ4v) is 5.90. The highest BCUT2D eigenvalue weighted by Gasteiger charge is 2.47. The Labute approximate surface area is 256 Å². The highest BCUT2D eigenvalue weighted by molar-refractivity contribution is 7.93. The Morgan fingerprint density at radius 3 is 1.50 bits per heavy atom. The van der Waals surface area contributed by atoms with Gasteiger partial charge in [-0.1, -0.05) is 48.6 Å². The Hall–Kier alpha value is -3.12. The predicted molar refractivity (Wildman–Crippen MR) is 156 cm³/mol. The number of hydrogen-bond acceptors (Lipinski definition) is 6. The molecule has 244 valence electrons. The van der Waals surface area contributed by atoms with Gasteiger partial charge in [-0.2, -0.15) is 43.2 Å². The van der Waals surface area contributed by atoms with E-state index in [1.165, 1.54) is 35.2 Å². The Bertz CT molecular complexity index is 1430. The van der Waals surface area contributed by atoms with Crippen molar-refractivity contribution in [3.8, 4) is 0 Å². The molecule has 18 heteroatoms. The number of nitrogens with zero attached hydrogens (tertiary/aromatic N) is 2. The summed E-state index contributed by atoms with van der Waals surface area (Å²) in [5.41, 5.74) is -10.2. The average Bonchev–Trinajstić information content (AvgIpc) is 2.92. The predicted octanol–water partition coefficient (Wildman–Crippen LogP) is 5.72. The molecule has 2 saturated heterocycles. The molecule has 2 aliphatic heterocycles. The maximum atomic E-state index is 12.5. The fourth-order valence-electron chi connectivity index (χ4n) is 4.39. The van der Waals surface area contributed by atoms with Gasteiger partial charge >= 0.3 is 31.1 Å². The second-order valence-corrected chi connectivity index (χ2v) is 13.8. The van der Waals surface area contributed by atoms with Crippen molar-refractivity contribution < 1.29 is 48.0 Å². The van der Waals surface area contributed by atoms with Crippen LogP contribution in [0.1, 0.15) is 49.7 Å². The molecule has 2 heterocycles. The summed E-state index contributed by atoms with van der Waals surface area (Å²) in [4.78, 5) is 15.9. The third-order valence-corrected chi connectivity index (χ3v) is 9.36. The maximum Gasteiger partial charge on any atom is 0.516 e. The van der Waals surface area contributed by atoms with Gasteiger partial charge in [-0.25, -0.2) is 0 Å². The lowest BCUT2D eigenvalue weighted by Gasteiger charge is -2.30. The molecule has 2 aromatic rings. The largest absolute Gasteiger partial charge is 0.516 e. The minimum Gasteiger partial charge on any atom is -0.362 e. The number of anilines is 2. The van der Waals surface area contributed by atoms with Crippen LogP contribution in [0.3, 0.4) is 0 Å². The van der Waals surface area contributed by atoms with Crippen LogP contribution in [0.5, 0.6) is 0 Å². The van der Waals surface area contributed by atoms with Gasteiger partial charge in [-0.05, 0) is 55.4 Å². The normalized spacial score (nSPS) is 16.7. The van der Waals surface area contributed by atoms with E-state index in [0.717, 1.165) is 43.6 Å². The van der Waals surface area contributed by atoms with Gasteiger partial charge in [0.1, 0.15) is 0 Å². The van der Waals surface area contributed by atoms with Crippen LogP contribution in [0.15, 0.2) is 48.5 Å². The van der Waals surface area contributed by atoms with E-state index >= 15 is 0 Å². The minimum atomic E-state index is -5.48. The molecule has 0 radical (unpaired) electrons. The summed E-state index contributed by atoms with van der Waals surface area (Å²) in [7, 11) is -10.9. The highest BCUT2D eigenvalue weighted by atomic mass is 32.2. The number of carbonyl (C=O) groups is 1. The number of thiocarbonyl (C=S) groups is 1. The smallest absolute Gasteiger partial charge is 0.362 e. The van der Waals surface area contributed by atoms with Gasteiger partial charge in [0.05, 0.1) is 16.4 Å². The Morgan fingerprint density at radius 1 is 0.659 bits per heavy atom. The molecule has 2 aliphatic rings. The second kappa shape index (κ2) is 14.3. The molecule has 0 aromatic heterocycles. The van der Waals surface area contributed by atoms with Gasteiger partial charge in [0.25, 0.3) is 0 Å². The van der Waals surface area contributed by atoms with E-state index in [2.05, 4.69) is 0 Å². The van der Waals surface area contributed by atoms with Crippen molar-refractivity contribution >= 4 is 54.5 Å². The van der Waals surface area contributed by atoms with Crippen LogP contribution in [0.25, 0.3) is 0 Å². The number of para-hydroxylation sites is 2. The van der Waals surface area contributed by atoms with Crippen molar-refractivity contribution in [1.82, 2.24) is 9.80 Å². The molecule has 2 N–H and O–H groups in total. The first-order chi connectivity index (χ1) is 20.4. The molecule has 2 aromatic carbocycles. The van der Waals surface area contributed by atoms with E-state index in [0.29, 0.717) is 24.1 Å². The van der Waals surface area contributed by atoms with Gasteiger partial charge < -0.3 is 9.80 Å². The molecule has 1 amide bonds. The molecule has 0 bridgehead atoms. The fraction of sp³-hybridized carbons (Fsp3) is 0.462. The summed E-state index contributed by atoms with van der Waals surface area (Å²) in [6, 6.07) is 11.8. The van der Waals surface area contributed by atoms with E-state index in [1.807, 2.05) is 4.90 Å². The molecule has 9 nitrogen and oxygen atoms in total. The van der Waals surface area contributed by atoms with Crippen LogP contribution in [-0.4, -0.2) is 61.6 Å². The first-order valence-electron chi connectivity index (χ1n) is 13.3. The first kappa shape index (κ1) is 35.4. The molecule has 0 spiro atoms. The van der Waals surface area contributed by atoms with E-state index in [-0.39, 0.29) is 30.4 Å². The highest BCUT2D eigenvalue weighted by Crippen LogP contribution is 2.29. The van der Waals surface area contributed by atoms with E-state index in [9.17, 15) is 48.0 Å². The molecular weight excluding hydrogens is 658 g/mol. The number of nitrogens with one attached hydrogen (secondary N) is 2. The molecular formula is C26H30F6N4O5S3. The molecule has 0 atom stereocenters. The Morgan fingerprint density at radius 2 is 1.07 bits per heavy atom. The number of hydrogen-bond donors (Lipinski definition) is 2. The van der Waals surface area contributed by atoms with Crippen molar-refractivity contribution in [3.63, 3.8) is 0 Å². The number of amides is 1. The Balaban J connectivity index is 0.000000240. The average molecular weight is 689 g/mol. The lowest BCUT2D eigenvalue weighted by molar-refractivity contribution is -0.133. The van der Waals surface area contributed by atoms with Crippen LogP contribution in [-0.2, 0) is 37.9 Å².